The number of rotatable bonds is 8. The normalized spacial score (nSPS) is 20.6. The summed E-state index contributed by atoms with van der Waals surface area (Å²) in [4.78, 5) is 2.52. The smallest absolute Gasteiger partial charge is 0.0656 e. The molecule has 1 saturated carbocycles. The van der Waals surface area contributed by atoms with Crippen molar-refractivity contribution in [3.05, 3.63) is 0 Å². The van der Waals surface area contributed by atoms with Crippen molar-refractivity contribution in [3.8, 4) is 0 Å². The van der Waals surface area contributed by atoms with E-state index in [0.717, 1.165) is 19.1 Å². The van der Waals surface area contributed by atoms with Gasteiger partial charge in [0.1, 0.15) is 0 Å². The summed E-state index contributed by atoms with van der Waals surface area (Å²) in [6.45, 7) is 8.18. The molecule has 1 atom stereocenters. The van der Waals surface area contributed by atoms with Gasteiger partial charge in [0, 0.05) is 20.2 Å². The van der Waals surface area contributed by atoms with Gasteiger partial charge in [-0.05, 0) is 38.6 Å². The summed E-state index contributed by atoms with van der Waals surface area (Å²) in [5.41, 5.74) is 5.92. The van der Waals surface area contributed by atoms with Gasteiger partial charge >= 0.3 is 0 Å². The van der Waals surface area contributed by atoms with Gasteiger partial charge in [0.2, 0.25) is 0 Å². The van der Waals surface area contributed by atoms with Crippen LogP contribution in [-0.4, -0.2) is 43.8 Å². The van der Waals surface area contributed by atoms with Crippen molar-refractivity contribution in [2.45, 2.75) is 38.6 Å². The average molecular weight is 214 g/mol. The van der Waals surface area contributed by atoms with Crippen LogP contribution >= 0.6 is 0 Å². The Morgan fingerprint density at radius 1 is 1.47 bits per heavy atom. The molecule has 0 heterocycles. The van der Waals surface area contributed by atoms with E-state index < -0.39 is 0 Å². The number of nitrogens with zero attached hydrogens (tertiary/aromatic N) is 1. The molecule has 1 fully saturated rings. The summed E-state index contributed by atoms with van der Waals surface area (Å²) >= 11 is 0. The van der Waals surface area contributed by atoms with Gasteiger partial charge in [0.25, 0.3) is 0 Å². The van der Waals surface area contributed by atoms with Crippen molar-refractivity contribution in [2.75, 3.05) is 33.4 Å². The quantitative estimate of drug-likeness (QED) is 0.665. The van der Waals surface area contributed by atoms with E-state index in [9.17, 15) is 0 Å². The Morgan fingerprint density at radius 3 is 2.53 bits per heavy atom. The highest BCUT2D eigenvalue weighted by atomic mass is 16.5. The van der Waals surface area contributed by atoms with Crippen LogP contribution in [0.4, 0.5) is 0 Å². The molecule has 3 nitrogen and oxygen atoms in total. The fourth-order valence-electron chi connectivity index (χ4n) is 2.05. The molecule has 1 rings (SSSR count). The summed E-state index contributed by atoms with van der Waals surface area (Å²) in [5.74, 6) is 0.916. The van der Waals surface area contributed by atoms with E-state index in [1.807, 2.05) is 0 Å². The maximum atomic E-state index is 5.90. The predicted molar refractivity (Wildman–Crippen MR) is 63.9 cm³/mol. The van der Waals surface area contributed by atoms with Gasteiger partial charge in [0.05, 0.1) is 12.1 Å². The van der Waals surface area contributed by atoms with Crippen LogP contribution in [0.5, 0.6) is 0 Å². The van der Waals surface area contributed by atoms with E-state index >= 15 is 0 Å². The lowest BCUT2D eigenvalue weighted by Crippen LogP contribution is -2.55. The van der Waals surface area contributed by atoms with E-state index in [-0.39, 0.29) is 5.54 Å². The minimum Gasteiger partial charge on any atom is -0.383 e. The second-order valence-electron chi connectivity index (χ2n) is 5.02. The topological polar surface area (TPSA) is 38.5 Å². The minimum atomic E-state index is 0.0212. The maximum Gasteiger partial charge on any atom is 0.0656 e. The minimum absolute atomic E-state index is 0.0212. The second-order valence-corrected chi connectivity index (χ2v) is 5.02. The summed E-state index contributed by atoms with van der Waals surface area (Å²) in [6, 6.07) is 0. The van der Waals surface area contributed by atoms with E-state index in [1.54, 1.807) is 7.11 Å². The largest absolute Gasteiger partial charge is 0.383 e. The Morgan fingerprint density at radius 2 is 2.13 bits per heavy atom. The highest BCUT2D eigenvalue weighted by Gasteiger charge is 2.34. The molecule has 90 valence electrons. The molecule has 0 aromatic carbocycles. The first-order chi connectivity index (χ1) is 7.16. The summed E-state index contributed by atoms with van der Waals surface area (Å²) in [6.07, 6.45) is 3.98. The van der Waals surface area contributed by atoms with Crippen molar-refractivity contribution in [1.29, 1.82) is 0 Å². The van der Waals surface area contributed by atoms with Crippen LogP contribution in [0.15, 0.2) is 0 Å². The lowest BCUT2D eigenvalue weighted by atomic mass is 10.00. The predicted octanol–water partition coefficient (Wildman–Crippen LogP) is 1.47. The van der Waals surface area contributed by atoms with Gasteiger partial charge in [-0.1, -0.05) is 6.92 Å². The number of methoxy groups -OCH3 is 1. The third kappa shape index (κ3) is 3.74. The first-order valence-corrected chi connectivity index (χ1v) is 6.10. The van der Waals surface area contributed by atoms with Gasteiger partial charge in [-0.15, -0.1) is 0 Å². The van der Waals surface area contributed by atoms with E-state index in [1.165, 1.54) is 25.8 Å². The van der Waals surface area contributed by atoms with E-state index in [4.69, 9.17) is 10.5 Å². The van der Waals surface area contributed by atoms with Gasteiger partial charge in [-0.3, -0.25) is 4.90 Å². The highest BCUT2D eigenvalue weighted by molar-refractivity contribution is 4.90. The molecule has 1 aliphatic carbocycles. The maximum absolute atomic E-state index is 5.90. The number of ether oxygens (including phenoxy) is 1. The fourth-order valence-corrected chi connectivity index (χ4v) is 2.05. The molecule has 1 unspecified atom stereocenters. The average Bonchev–Trinajstić information content (AvgIpc) is 3.01. The molecule has 0 aromatic rings. The zero-order valence-corrected chi connectivity index (χ0v) is 10.5. The molecule has 0 bridgehead atoms. The standard InChI is InChI=1S/C12H26N2O/c1-4-7-14(8-11-5-6-11)12(2,9-13)10-15-3/h11H,4-10,13H2,1-3H3. The summed E-state index contributed by atoms with van der Waals surface area (Å²) in [5, 5.41) is 0. The number of nitrogens with two attached hydrogens (primary N) is 1. The molecule has 0 radical (unpaired) electrons. The molecule has 0 aliphatic heterocycles. The van der Waals surface area contributed by atoms with Crippen LogP contribution in [0.3, 0.4) is 0 Å². The molecule has 0 aromatic heterocycles. The van der Waals surface area contributed by atoms with E-state index in [2.05, 4.69) is 18.7 Å². The third-order valence-corrected chi connectivity index (χ3v) is 3.33. The van der Waals surface area contributed by atoms with Crippen molar-refractivity contribution in [2.24, 2.45) is 11.7 Å². The molecule has 3 heteroatoms. The van der Waals surface area contributed by atoms with Crippen LogP contribution in [0.2, 0.25) is 0 Å². The Kier molecular flexibility index (Phi) is 5.03. The van der Waals surface area contributed by atoms with E-state index in [0.29, 0.717) is 6.54 Å². The first-order valence-electron chi connectivity index (χ1n) is 6.10. The van der Waals surface area contributed by atoms with Crippen LogP contribution in [0.1, 0.15) is 33.1 Å². The van der Waals surface area contributed by atoms with Crippen molar-refractivity contribution >= 4 is 0 Å². The lowest BCUT2D eigenvalue weighted by Gasteiger charge is -2.40. The molecular formula is C12H26N2O. The Bertz CT molecular complexity index is 182. The molecule has 0 saturated heterocycles. The summed E-state index contributed by atoms with van der Waals surface area (Å²) < 4.78 is 5.31. The third-order valence-electron chi connectivity index (χ3n) is 3.33. The summed E-state index contributed by atoms with van der Waals surface area (Å²) in [7, 11) is 1.76. The highest BCUT2D eigenvalue weighted by Crippen LogP contribution is 2.32. The van der Waals surface area contributed by atoms with Gasteiger partial charge < -0.3 is 10.5 Å². The van der Waals surface area contributed by atoms with Gasteiger partial charge in [-0.2, -0.15) is 0 Å². The number of hydrogen-bond donors (Lipinski definition) is 1. The van der Waals surface area contributed by atoms with Crippen molar-refractivity contribution < 1.29 is 4.74 Å². The van der Waals surface area contributed by atoms with Crippen LogP contribution in [0.25, 0.3) is 0 Å². The molecule has 1 aliphatic rings. The zero-order valence-electron chi connectivity index (χ0n) is 10.5. The van der Waals surface area contributed by atoms with Crippen LogP contribution < -0.4 is 5.73 Å². The van der Waals surface area contributed by atoms with Crippen LogP contribution in [0, 0.1) is 5.92 Å². The zero-order chi connectivity index (χ0) is 11.3. The van der Waals surface area contributed by atoms with Crippen molar-refractivity contribution in [3.63, 3.8) is 0 Å². The fraction of sp³-hybridized carbons (Fsp3) is 1.00. The molecule has 2 N–H and O–H groups in total. The monoisotopic (exact) mass is 214 g/mol. The van der Waals surface area contributed by atoms with Gasteiger partial charge in [-0.25, -0.2) is 0 Å². The molecule has 0 spiro atoms. The molecular weight excluding hydrogens is 188 g/mol. The molecule has 15 heavy (non-hydrogen) atoms. The SMILES string of the molecule is CCCN(CC1CC1)C(C)(CN)COC. The Labute approximate surface area is 94.0 Å². The second kappa shape index (κ2) is 5.83. The van der Waals surface area contributed by atoms with Crippen LogP contribution in [-0.2, 0) is 4.74 Å². The lowest BCUT2D eigenvalue weighted by molar-refractivity contribution is 0.0238. The van der Waals surface area contributed by atoms with Crippen molar-refractivity contribution in [1.82, 2.24) is 4.90 Å². The van der Waals surface area contributed by atoms with Gasteiger partial charge in [0.15, 0.2) is 0 Å². The molecule has 0 amide bonds. The Balaban J connectivity index is 2.55. The Hall–Kier alpha value is -0.120. The number of hydrogen-bond acceptors (Lipinski definition) is 3. The first kappa shape index (κ1) is 12.9.